The highest BCUT2D eigenvalue weighted by Crippen LogP contribution is 2.17. The van der Waals surface area contributed by atoms with Crippen LogP contribution >= 0.6 is 11.6 Å². The summed E-state index contributed by atoms with van der Waals surface area (Å²) in [6, 6.07) is 18.0. The topological polar surface area (TPSA) is 63.6 Å². The van der Waals surface area contributed by atoms with E-state index in [1.54, 1.807) is 48.9 Å². The minimum absolute atomic E-state index is 0.282. The number of nitrogens with zero attached hydrogens (tertiary/aromatic N) is 2. The van der Waals surface area contributed by atoms with Crippen molar-refractivity contribution in [1.29, 1.82) is 0 Å². The fourth-order valence-electron chi connectivity index (χ4n) is 2.13. The third-order valence-electron chi connectivity index (χ3n) is 3.50. The maximum Gasteiger partial charge on any atom is 0.271 e. The molecule has 2 aromatic carbocycles. The Balaban J connectivity index is 1.52. The average Bonchev–Trinajstić information content (AvgIpc) is 2.69. The molecule has 0 bridgehead atoms. The number of benzene rings is 2. The highest BCUT2D eigenvalue weighted by molar-refractivity contribution is 6.30. The molecular formula is C20H16ClN3O2. The molecule has 3 rings (SSSR count). The predicted octanol–water partition coefficient (Wildman–Crippen LogP) is 4.08. The summed E-state index contributed by atoms with van der Waals surface area (Å²) in [4.78, 5) is 16.0. The van der Waals surface area contributed by atoms with Crippen LogP contribution in [0.1, 0.15) is 21.5 Å². The lowest BCUT2D eigenvalue weighted by Crippen LogP contribution is -2.17. The number of ether oxygens (including phenoxy) is 1. The molecule has 0 aliphatic carbocycles. The summed E-state index contributed by atoms with van der Waals surface area (Å²) >= 11 is 5.84. The summed E-state index contributed by atoms with van der Waals surface area (Å²) in [6.45, 7) is 0.405. The van der Waals surface area contributed by atoms with Gasteiger partial charge in [0.05, 0.1) is 6.21 Å². The van der Waals surface area contributed by atoms with Crippen LogP contribution in [0.15, 0.2) is 78.2 Å². The smallest absolute Gasteiger partial charge is 0.271 e. The molecule has 130 valence electrons. The van der Waals surface area contributed by atoms with E-state index in [9.17, 15) is 4.79 Å². The SMILES string of the molecule is O=C(N/N=C\c1cccnc1)c1ccc(COc2ccc(Cl)cc2)cc1. The van der Waals surface area contributed by atoms with E-state index >= 15 is 0 Å². The van der Waals surface area contributed by atoms with Gasteiger partial charge in [-0.15, -0.1) is 0 Å². The molecule has 5 nitrogen and oxygen atoms in total. The maximum absolute atomic E-state index is 12.1. The largest absolute Gasteiger partial charge is 0.489 e. The molecule has 0 saturated carbocycles. The lowest BCUT2D eigenvalue weighted by molar-refractivity contribution is 0.0955. The van der Waals surface area contributed by atoms with Gasteiger partial charge in [-0.05, 0) is 48.0 Å². The number of nitrogens with one attached hydrogen (secondary N) is 1. The van der Waals surface area contributed by atoms with Gasteiger partial charge in [0, 0.05) is 28.5 Å². The van der Waals surface area contributed by atoms with E-state index < -0.39 is 0 Å². The molecule has 1 amide bonds. The van der Waals surface area contributed by atoms with E-state index in [0.717, 1.165) is 16.9 Å². The third kappa shape index (κ3) is 5.16. The van der Waals surface area contributed by atoms with Gasteiger partial charge in [-0.3, -0.25) is 9.78 Å². The van der Waals surface area contributed by atoms with Crippen LogP contribution in [0, 0.1) is 0 Å². The molecular weight excluding hydrogens is 350 g/mol. The summed E-state index contributed by atoms with van der Waals surface area (Å²) in [5, 5.41) is 4.59. The van der Waals surface area contributed by atoms with E-state index in [-0.39, 0.29) is 5.91 Å². The van der Waals surface area contributed by atoms with Crippen molar-refractivity contribution >= 4 is 23.7 Å². The Bertz CT molecular complexity index is 879. The van der Waals surface area contributed by atoms with E-state index in [4.69, 9.17) is 16.3 Å². The lowest BCUT2D eigenvalue weighted by Gasteiger charge is -2.07. The molecule has 6 heteroatoms. The van der Waals surface area contributed by atoms with Gasteiger partial charge >= 0.3 is 0 Å². The van der Waals surface area contributed by atoms with Gasteiger partial charge in [0.2, 0.25) is 0 Å². The first kappa shape index (κ1) is 17.6. The van der Waals surface area contributed by atoms with Gasteiger partial charge in [0.1, 0.15) is 12.4 Å². The molecule has 1 N–H and O–H groups in total. The molecule has 0 saturated heterocycles. The van der Waals surface area contributed by atoms with Gasteiger partial charge in [-0.25, -0.2) is 5.43 Å². The van der Waals surface area contributed by atoms with Gasteiger partial charge in [0.15, 0.2) is 0 Å². The van der Waals surface area contributed by atoms with Crippen LogP contribution in [-0.4, -0.2) is 17.1 Å². The third-order valence-corrected chi connectivity index (χ3v) is 3.75. The van der Waals surface area contributed by atoms with E-state index in [1.807, 2.05) is 30.3 Å². The number of pyridine rings is 1. The minimum atomic E-state index is -0.282. The highest BCUT2D eigenvalue weighted by Gasteiger charge is 2.04. The summed E-state index contributed by atoms with van der Waals surface area (Å²) in [5.74, 6) is 0.455. The Morgan fingerprint density at radius 3 is 2.58 bits per heavy atom. The zero-order chi connectivity index (χ0) is 18.2. The van der Waals surface area contributed by atoms with E-state index in [0.29, 0.717) is 17.2 Å². The van der Waals surface area contributed by atoms with Crippen LogP contribution in [0.25, 0.3) is 0 Å². The second-order valence-electron chi connectivity index (χ2n) is 5.43. The fraction of sp³-hybridized carbons (Fsp3) is 0.0500. The van der Waals surface area contributed by atoms with Gasteiger partial charge in [0.25, 0.3) is 5.91 Å². The van der Waals surface area contributed by atoms with Crippen LogP contribution in [0.3, 0.4) is 0 Å². The van der Waals surface area contributed by atoms with Crippen molar-refractivity contribution in [2.45, 2.75) is 6.61 Å². The van der Waals surface area contributed by atoms with Crippen molar-refractivity contribution < 1.29 is 9.53 Å². The van der Waals surface area contributed by atoms with Crippen LogP contribution < -0.4 is 10.2 Å². The first-order valence-corrected chi connectivity index (χ1v) is 8.29. The Morgan fingerprint density at radius 2 is 1.88 bits per heavy atom. The van der Waals surface area contributed by atoms with Crippen LogP contribution in [-0.2, 0) is 6.61 Å². The highest BCUT2D eigenvalue weighted by atomic mass is 35.5. The van der Waals surface area contributed by atoms with Crippen molar-refractivity contribution in [3.05, 3.63) is 94.8 Å². The average molecular weight is 366 g/mol. The lowest BCUT2D eigenvalue weighted by atomic mass is 10.1. The maximum atomic E-state index is 12.1. The Hall–Kier alpha value is -3.18. The Labute approximate surface area is 156 Å². The van der Waals surface area contributed by atoms with Crippen LogP contribution in [0.5, 0.6) is 5.75 Å². The molecule has 0 aliphatic rings. The van der Waals surface area contributed by atoms with Crippen LogP contribution in [0.4, 0.5) is 0 Å². The molecule has 0 unspecified atom stereocenters. The Morgan fingerprint density at radius 1 is 1.12 bits per heavy atom. The van der Waals surface area contributed by atoms with Gasteiger partial charge in [-0.2, -0.15) is 5.10 Å². The Kier molecular flexibility index (Phi) is 5.96. The van der Waals surface area contributed by atoms with Crippen molar-refractivity contribution in [2.24, 2.45) is 5.10 Å². The van der Waals surface area contributed by atoms with Gasteiger partial charge in [-0.1, -0.05) is 29.8 Å². The molecule has 26 heavy (non-hydrogen) atoms. The second-order valence-corrected chi connectivity index (χ2v) is 5.86. The van der Waals surface area contributed by atoms with Crippen LogP contribution in [0.2, 0.25) is 5.02 Å². The number of carbonyl (C=O) groups excluding carboxylic acids is 1. The summed E-state index contributed by atoms with van der Waals surface area (Å²) in [7, 11) is 0. The summed E-state index contributed by atoms with van der Waals surface area (Å²) in [6.07, 6.45) is 4.87. The molecule has 0 spiro atoms. The first-order valence-electron chi connectivity index (χ1n) is 7.91. The number of aromatic nitrogens is 1. The molecule has 0 radical (unpaired) electrons. The zero-order valence-corrected chi connectivity index (χ0v) is 14.6. The first-order chi connectivity index (χ1) is 12.7. The van der Waals surface area contributed by atoms with Crippen molar-refractivity contribution in [3.63, 3.8) is 0 Å². The molecule has 3 aromatic rings. The molecule has 1 aromatic heterocycles. The monoisotopic (exact) mass is 365 g/mol. The number of carbonyl (C=O) groups is 1. The quantitative estimate of drug-likeness (QED) is 0.529. The zero-order valence-electron chi connectivity index (χ0n) is 13.8. The number of halogens is 1. The number of hydrogen-bond donors (Lipinski definition) is 1. The number of rotatable bonds is 6. The van der Waals surface area contributed by atoms with Gasteiger partial charge < -0.3 is 4.74 Å². The van der Waals surface area contributed by atoms with E-state index in [1.165, 1.54) is 0 Å². The van der Waals surface area contributed by atoms with Crippen molar-refractivity contribution in [1.82, 2.24) is 10.4 Å². The fourth-order valence-corrected chi connectivity index (χ4v) is 2.26. The second kappa shape index (κ2) is 8.78. The minimum Gasteiger partial charge on any atom is -0.489 e. The van der Waals surface area contributed by atoms with Crippen molar-refractivity contribution in [2.75, 3.05) is 0 Å². The van der Waals surface area contributed by atoms with Crippen molar-refractivity contribution in [3.8, 4) is 5.75 Å². The standard InChI is InChI=1S/C20H16ClN3O2/c21-18-7-9-19(10-8-18)26-14-15-3-5-17(6-4-15)20(25)24-23-13-16-2-1-11-22-12-16/h1-13H,14H2,(H,24,25)/b23-13-. The molecule has 0 aliphatic heterocycles. The number of amides is 1. The molecule has 0 atom stereocenters. The molecule has 1 heterocycles. The number of hydrazone groups is 1. The predicted molar refractivity (Wildman–Crippen MR) is 102 cm³/mol. The summed E-state index contributed by atoms with van der Waals surface area (Å²) < 4.78 is 5.67. The number of hydrogen-bond acceptors (Lipinski definition) is 4. The summed E-state index contributed by atoms with van der Waals surface area (Å²) in [5.41, 5.74) is 4.77. The molecule has 0 fully saturated rings. The normalized spacial score (nSPS) is 10.7. The van der Waals surface area contributed by atoms with E-state index in [2.05, 4.69) is 15.5 Å².